The van der Waals surface area contributed by atoms with Crippen molar-refractivity contribution < 1.29 is 8.42 Å². The van der Waals surface area contributed by atoms with Crippen molar-refractivity contribution in [2.75, 3.05) is 16.3 Å². The largest absolute Gasteiger partial charge is 0.378 e. The second kappa shape index (κ2) is 6.44. The number of thiophene rings is 1. The minimum atomic E-state index is -3.34. The minimum Gasteiger partial charge on any atom is -0.378 e. The summed E-state index contributed by atoms with van der Waals surface area (Å²) >= 11 is 13.5. The molecule has 21 heavy (non-hydrogen) atoms. The Balaban J connectivity index is 2.13. The van der Waals surface area contributed by atoms with Crippen molar-refractivity contribution in [2.45, 2.75) is 13.0 Å². The van der Waals surface area contributed by atoms with Crippen molar-refractivity contribution in [1.82, 2.24) is 0 Å². The van der Waals surface area contributed by atoms with Gasteiger partial charge in [0.15, 0.2) is 0 Å². The normalized spacial score (nSPS) is 13.0. The number of benzene rings is 1. The standard InChI is InChI=1S/C13H14Cl2N2O2S2/c1-8(9-5-13(15)20-7-9)16-10-3-4-12(11(14)6-10)17-21(2,18)19/h3-8,16-17H,1-2H3. The first-order valence-electron chi connectivity index (χ1n) is 6.02. The van der Waals surface area contributed by atoms with E-state index >= 15 is 0 Å². The molecule has 1 unspecified atom stereocenters. The van der Waals surface area contributed by atoms with E-state index in [1.807, 2.05) is 18.4 Å². The van der Waals surface area contributed by atoms with Crippen LogP contribution >= 0.6 is 34.5 Å². The molecule has 0 radical (unpaired) electrons. The lowest BCUT2D eigenvalue weighted by atomic mass is 10.1. The highest BCUT2D eigenvalue weighted by molar-refractivity contribution is 7.92. The van der Waals surface area contributed by atoms with Gasteiger partial charge in [-0.25, -0.2) is 8.42 Å². The number of hydrogen-bond acceptors (Lipinski definition) is 4. The molecule has 0 amide bonds. The third-order valence-electron chi connectivity index (χ3n) is 2.74. The van der Waals surface area contributed by atoms with Gasteiger partial charge in [0.2, 0.25) is 10.0 Å². The van der Waals surface area contributed by atoms with Crippen LogP contribution in [0.15, 0.2) is 29.6 Å². The third kappa shape index (κ3) is 4.78. The van der Waals surface area contributed by atoms with Crippen LogP contribution in [0.1, 0.15) is 18.5 Å². The molecule has 0 saturated carbocycles. The van der Waals surface area contributed by atoms with Crippen LogP contribution in [0.2, 0.25) is 9.36 Å². The molecule has 0 spiro atoms. The first-order valence-corrected chi connectivity index (χ1v) is 9.55. The molecule has 114 valence electrons. The van der Waals surface area contributed by atoms with E-state index in [0.717, 1.165) is 21.8 Å². The quantitative estimate of drug-likeness (QED) is 0.814. The molecule has 2 aromatic rings. The maximum Gasteiger partial charge on any atom is 0.229 e. The lowest BCUT2D eigenvalue weighted by Gasteiger charge is -2.15. The van der Waals surface area contributed by atoms with Gasteiger partial charge < -0.3 is 5.32 Å². The highest BCUT2D eigenvalue weighted by Crippen LogP contribution is 2.30. The molecular weight excluding hydrogens is 351 g/mol. The van der Waals surface area contributed by atoms with Crippen molar-refractivity contribution in [3.8, 4) is 0 Å². The van der Waals surface area contributed by atoms with Gasteiger partial charge in [-0.2, -0.15) is 0 Å². The zero-order valence-corrected chi connectivity index (χ0v) is 14.5. The number of nitrogens with one attached hydrogen (secondary N) is 2. The molecule has 1 aromatic carbocycles. The summed E-state index contributed by atoms with van der Waals surface area (Å²) < 4.78 is 25.5. The van der Waals surface area contributed by atoms with Gasteiger partial charge in [-0.05, 0) is 42.1 Å². The van der Waals surface area contributed by atoms with Gasteiger partial charge >= 0.3 is 0 Å². The predicted octanol–water partition coefficient (Wildman–Crippen LogP) is 4.60. The average molecular weight is 365 g/mol. The fraction of sp³-hybridized carbons (Fsp3) is 0.231. The molecule has 1 aromatic heterocycles. The highest BCUT2D eigenvalue weighted by Gasteiger charge is 2.10. The van der Waals surface area contributed by atoms with Crippen LogP contribution in [0.25, 0.3) is 0 Å². The van der Waals surface area contributed by atoms with Crippen LogP contribution in [-0.2, 0) is 10.0 Å². The van der Waals surface area contributed by atoms with Crippen LogP contribution in [0, 0.1) is 0 Å². The molecule has 1 atom stereocenters. The summed E-state index contributed by atoms with van der Waals surface area (Å²) in [5.74, 6) is 0. The van der Waals surface area contributed by atoms with E-state index in [-0.39, 0.29) is 6.04 Å². The maximum absolute atomic E-state index is 11.2. The molecule has 0 aliphatic carbocycles. The van der Waals surface area contributed by atoms with E-state index in [1.54, 1.807) is 18.2 Å². The first kappa shape index (κ1) is 16.4. The van der Waals surface area contributed by atoms with Crippen molar-refractivity contribution in [3.05, 3.63) is 44.6 Å². The molecule has 0 aliphatic rings. The number of halogens is 2. The lowest BCUT2D eigenvalue weighted by molar-refractivity contribution is 0.607. The van der Waals surface area contributed by atoms with Crippen LogP contribution in [0.3, 0.4) is 0 Å². The Morgan fingerprint density at radius 2 is 1.95 bits per heavy atom. The Bertz CT molecular complexity index is 744. The van der Waals surface area contributed by atoms with Gasteiger partial charge in [0, 0.05) is 11.7 Å². The Labute approximate surface area is 138 Å². The summed E-state index contributed by atoms with van der Waals surface area (Å²) in [6.45, 7) is 2.01. The molecule has 0 fully saturated rings. The van der Waals surface area contributed by atoms with E-state index < -0.39 is 10.0 Å². The van der Waals surface area contributed by atoms with Gasteiger partial charge in [-0.15, -0.1) is 11.3 Å². The van der Waals surface area contributed by atoms with Crippen molar-refractivity contribution in [1.29, 1.82) is 0 Å². The summed E-state index contributed by atoms with van der Waals surface area (Å²) in [5.41, 5.74) is 2.24. The molecule has 0 saturated heterocycles. The number of sulfonamides is 1. The van der Waals surface area contributed by atoms with Gasteiger partial charge in [-0.1, -0.05) is 23.2 Å². The Morgan fingerprint density at radius 1 is 1.24 bits per heavy atom. The highest BCUT2D eigenvalue weighted by atomic mass is 35.5. The van der Waals surface area contributed by atoms with Gasteiger partial charge in [-0.3, -0.25) is 4.72 Å². The van der Waals surface area contributed by atoms with Gasteiger partial charge in [0.1, 0.15) is 0 Å². The molecule has 2 rings (SSSR count). The summed E-state index contributed by atoms with van der Waals surface area (Å²) in [6, 6.07) is 7.05. The summed E-state index contributed by atoms with van der Waals surface area (Å²) in [5, 5.41) is 5.61. The van der Waals surface area contributed by atoms with E-state index in [9.17, 15) is 8.42 Å². The van der Waals surface area contributed by atoms with Crippen LogP contribution in [-0.4, -0.2) is 14.7 Å². The van der Waals surface area contributed by atoms with Crippen LogP contribution in [0.5, 0.6) is 0 Å². The minimum absolute atomic E-state index is 0.0681. The summed E-state index contributed by atoms with van der Waals surface area (Å²) in [4.78, 5) is 0. The summed E-state index contributed by atoms with van der Waals surface area (Å²) in [6.07, 6.45) is 1.08. The van der Waals surface area contributed by atoms with Crippen LogP contribution in [0.4, 0.5) is 11.4 Å². The Hall–Kier alpha value is -0.950. The topological polar surface area (TPSA) is 58.2 Å². The lowest BCUT2D eigenvalue weighted by Crippen LogP contribution is -2.10. The van der Waals surface area contributed by atoms with E-state index in [1.165, 1.54) is 11.3 Å². The summed E-state index contributed by atoms with van der Waals surface area (Å²) in [7, 11) is -3.34. The monoisotopic (exact) mass is 364 g/mol. The van der Waals surface area contributed by atoms with E-state index in [4.69, 9.17) is 23.2 Å². The second-order valence-electron chi connectivity index (χ2n) is 4.62. The third-order valence-corrected chi connectivity index (χ3v) is 4.75. The Kier molecular flexibility index (Phi) is 5.03. The number of rotatable bonds is 5. The zero-order chi connectivity index (χ0) is 15.6. The SMILES string of the molecule is CC(Nc1ccc(NS(C)(=O)=O)c(Cl)c1)c1csc(Cl)c1. The zero-order valence-electron chi connectivity index (χ0n) is 11.4. The molecule has 2 N–H and O–H groups in total. The van der Waals surface area contributed by atoms with Crippen molar-refractivity contribution >= 4 is 55.9 Å². The molecule has 8 heteroatoms. The van der Waals surface area contributed by atoms with Crippen LogP contribution < -0.4 is 10.0 Å². The smallest absolute Gasteiger partial charge is 0.229 e. The molecule has 4 nitrogen and oxygen atoms in total. The van der Waals surface area contributed by atoms with Gasteiger partial charge in [0.25, 0.3) is 0 Å². The van der Waals surface area contributed by atoms with Gasteiger partial charge in [0.05, 0.1) is 21.3 Å². The maximum atomic E-state index is 11.2. The molecule has 1 heterocycles. The van der Waals surface area contributed by atoms with Crippen molar-refractivity contribution in [3.63, 3.8) is 0 Å². The number of anilines is 2. The Morgan fingerprint density at radius 3 is 2.48 bits per heavy atom. The molecule has 0 bridgehead atoms. The first-order chi connectivity index (χ1) is 9.74. The van der Waals surface area contributed by atoms with E-state index in [0.29, 0.717) is 10.7 Å². The average Bonchev–Trinajstić information content (AvgIpc) is 2.78. The molecule has 0 aliphatic heterocycles. The predicted molar refractivity (Wildman–Crippen MR) is 91.3 cm³/mol. The molecular formula is C13H14Cl2N2O2S2. The van der Waals surface area contributed by atoms with Crippen molar-refractivity contribution in [2.24, 2.45) is 0 Å². The second-order valence-corrected chi connectivity index (χ2v) is 8.32. The fourth-order valence-electron chi connectivity index (χ4n) is 1.77. The van der Waals surface area contributed by atoms with E-state index in [2.05, 4.69) is 10.0 Å². The number of hydrogen-bond donors (Lipinski definition) is 2. The fourth-order valence-corrected chi connectivity index (χ4v) is 3.62.